The lowest BCUT2D eigenvalue weighted by Gasteiger charge is -2.17. The fraction of sp³-hybridized carbons (Fsp3) is 0.190. The van der Waals surface area contributed by atoms with Crippen LogP contribution in [0.1, 0.15) is 34.7 Å². The highest BCUT2D eigenvalue weighted by Gasteiger charge is 2.29. The summed E-state index contributed by atoms with van der Waals surface area (Å²) in [5.74, 6) is -1.51. The molecule has 0 aliphatic heterocycles. The number of ether oxygens (including phenoxy) is 1. The molecule has 0 saturated heterocycles. The van der Waals surface area contributed by atoms with Crippen LogP contribution in [0.2, 0.25) is 0 Å². The number of amides is 3. The first-order chi connectivity index (χ1) is 13.5. The summed E-state index contributed by atoms with van der Waals surface area (Å²) >= 11 is 0. The zero-order chi connectivity index (χ0) is 20.1. The quantitative estimate of drug-likeness (QED) is 0.661. The third kappa shape index (κ3) is 4.03. The molecular formula is C21H20N2O5. The highest BCUT2D eigenvalue weighted by Crippen LogP contribution is 2.27. The molecule has 7 nitrogen and oxygen atoms in total. The Hall–Kier alpha value is -3.61. The number of hydrogen-bond acceptors (Lipinski definition) is 5. The van der Waals surface area contributed by atoms with Gasteiger partial charge in [0, 0.05) is 23.1 Å². The van der Waals surface area contributed by atoms with Gasteiger partial charge in [-0.05, 0) is 19.9 Å². The van der Waals surface area contributed by atoms with E-state index in [-0.39, 0.29) is 5.76 Å². The summed E-state index contributed by atoms with van der Waals surface area (Å²) in [5, 5.41) is 5.43. The average molecular weight is 380 g/mol. The minimum Gasteiger partial charge on any atom is -0.449 e. The third-order valence-corrected chi connectivity index (χ3v) is 4.17. The van der Waals surface area contributed by atoms with Crippen molar-refractivity contribution in [2.75, 3.05) is 6.54 Å². The Morgan fingerprint density at radius 3 is 2.39 bits per heavy atom. The summed E-state index contributed by atoms with van der Waals surface area (Å²) in [6.07, 6.45) is -1.30. The Morgan fingerprint density at radius 2 is 1.71 bits per heavy atom. The molecule has 0 saturated carbocycles. The van der Waals surface area contributed by atoms with Crippen LogP contribution < -0.4 is 10.6 Å². The van der Waals surface area contributed by atoms with Gasteiger partial charge < -0.3 is 14.5 Å². The number of urea groups is 1. The van der Waals surface area contributed by atoms with Crippen LogP contribution in [0.15, 0.2) is 59.0 Å². The molecule has 7 heteroatoms. The molecule has 3 aromatic rings. The number of carbonyl (C=O) groups is 3. The minimum atomic E-state index is -1.30. The van der Waals surface area contributed by atoms with Crippen molar-refractivity contribution in [2.24, 2.45) is 0 Å². The maximum atomic E-state index is 12.7. The van der Waals surface area contributed by atoms with E-state index in [1.807, 2.05) is 12.1 Å². The lowest BCUT2D eigenvalue weighted by Crippen LogP contribution is -2.42. The summed E-state index contributed by atoms with van der Waals surface area (Å²) in [5.41, 5.74) is 1.61. The van der Waals surface area contributed by atoms with E-state index >= 15 is 0 Å². The van der Waals surface area contributed by atoms with Crippen LogP contribution in [0.4, 0.5) is 4.79 Å². The molecule has 1 atom stereocenters. The molecule has 0 aliphatic rings. The molecule has 0 aliphatic carbocycles. The maximum Gasteiger partial charge on any atom is 0.375 e. The molecule has 2 N–H and O–H groups in total. The van der Waals surface area contributed by atoms with Gasteiger partial charge in [-0.25, -0.2) is 9.59 Å². The minimum absolute atomic E-state index is 0.0212. The van der Waals surface area contributed by atoms with E-state index < -0.39 is 24.0 Å². The Kier molecular flexibility index (Phi) is 5.74. The summed E-state index contributed by atoms with van der Waals surface area (Å²) in [6, 6.07) is 15.0. The SMILES string of the molecule is CCNC(=O)NC(=O)[C@@H](OC(=O)c1oc2ccccc2c1C)c1ccccc1. The third-order valence-electron chi connectivity index (χ3n) is 4.17. The topological polar surface area (TPSA) is 97.6 Å². The van der Waals surface area contributed by atoms with Crippen molar-refractivity contribution < 1.29 is 23.5 Å². The van der Waals surface area contributed by atoms with E-state index in [1.165, 1.54) is 0 Å². The number of furan rings is 1. The number of nitrogens with one attached hydrogen (secondary N) is 2. The van der Waals surface area contributed by atoms with Gasteiger partial charge in [0.05, 0.1) is 0 Å². The van der Waals surface area contributed by atoms with Crippen molar-refractivity contribution in [3.8, 4) is 0 Å². The lowest BCUT2D eigenvalue weighted by atomic mass is 10.1. The number of carbonyl (C=O) groups excluding carboxylic acids is 3. The molecular weight excluding hydrogens is 360 g/mol. The van der Waals surface area contributed by atoms with Crippen molar-refractivity contribution in [3.63, 3.8) is 0 Å². The second-order valence-corrected chi connectivity index (χ2v) is 6.10. The molecule has 3 rings (SSSR count). The summed E-state index contributed by atoms with van der Waals surface area (Å²) in [6.45, 7) is 3.82. The van der Waals surface area contributed by atoms with E-state index in [4.69, 9.17) is 9.15 Å². The molecule has 1 heterocycles. The maximum absolute atomic E-state index is 12.7. The molecule has 28 heavy (non-hydrogen) atoms. The fourth-order valence-corrected chi connectivity index (χ4v) is 2.81. The predicted octanol–water partition coefficient (Wildman–Crippen LogP) is 3.49. The molecule has 3 amide bonds. The summed E-state index contributed by atoms with van der Waals surface area (Å²) in [7, 11) is 0. The Bertz CT molecular complexity index is 1010. The van der Waals surface area contributed by atoms with Crippen molar-refractivity contribution in [2.45, 2.75) is 20.0 Å². The molecule has 0 radical (unpaired) electrons. The van der Waals surface area contributed by atoms with Crippen molar-refractivity contribution in [1.82, 2.24) is 10.6 Å². The standard InChI is InChI=1S/C21H20N2O5/c1-3-22-21(26)23-19(24)18(14-9-5-4-6-10-14)28-20(25)17-13(2)15-11-7-8-12-16(15)27-17/h4-12,18H,3H2,1-2H3,(H2,22,23,24,26)/t18-/m0/s1. The highest BCUT2D eigenvalue weighted by molar-refractivity contribution is 6.00. The number of fused-ring (bicyclic) bond motifs is 1. The van der Waals surface area contributed by atoms with Gasteiger partial charge in [0.1, 0.15) is 5.58 Å². The van der Waals surface area contributed by atoms with Crippen LogP contribution in [-0.4, -0.2) is 24.5 Å². The second-order valence-electron chi connectivity index (χ2n) is 6.10. The van der Waals surface area contributed by atoms with Crippen molar-refractivity contribution in [3.05, 3.63) is 71.5 Å². The summed E-state index contributed by atoms with van der Waals surface area (Å²) < 4.78 is 11.1. The second kappa shape index (κ2) is 8.39. The molecule has 2 aromatic carbocycles. The molecule has 144 valence electrons. The summed E-state index contributed by atoms with van der Waals surface area (Å²) in [4.78, 5) is 37.0. The van der Waals surface area contributed by atoms with Gasteiger partial charge in [-0.1, -0.05) is 48.5 Å². The van der Waals surface area contributed by atoms with Gasteiger partial charge in [-0.15, -0.1) is 0 Å². The largest absolute Gasteiger partial charge is 0.449 e. The number of rotatable bonds is 5. The molecule has 0 spiro atoms. The molecule has 1 aromatic heterocycles. The normalized spacial score (nSPS) is 11.6. The van der Waals surface area contributed by atoms with E-state index in [0.717, 1.165) is 5.39 Å². The molecule has 0 unspecified atom stereocenters. The van der Waals surface area contributed by atoms with Gasteiger partial charge in [0.25, 0.3) is 5.91 Å². The monoisotopic (exact) mass is 380 g/mol. The first-order valence-corrected chi connectivity index (χ1v) is 8.84. The molecule has 0 bridgehead atoms. The zero-order valence-corrected chi connectivity index (χ0v) is 15.5. The number of benzene rings is 2. The highest BCUT2D eigenvalue weighted by atomic mass is 16.6. The van der Waals surface area contributed by atoms with Gasteiger partial charge in [-0.2, -0.15) is 0 Å². The van der Waals surface area contributed by atoms with E-state index in [2.05, 4.69) is 10.6 Å². The van der Waals surface area contributed by atoms with Crippen LogP contribution in [0.25, 0.3) is 11.0 Å². The van der Waals surface area contributed by atoms with E-state index in [9.17, 15) is 14.4 Å². The van der Waals surface area contributed by atoms with Crippen LogP contribution in [0.5, 0.6) is 0 Å². The van der Waals surface area contributed by atoms with Gasteiger partial charge in [0.15, 0.2) is 0 Å². The Labute approximate surface area is 161 Å². The number of esters is 1. The zero-order valence-electron chi connectivity index (χ0n) is 15.5. The average Bonchev–Trinajstić information content (AvgIpc) is 3.04. The van der Waals surface area contributed by atoms with Crippen LogP contribution in [0.3, 0.4) is 0 Å². The van der Waals surface area contributed by atoms with Crippen LogP contribution in [0, 0.1) is 6.92 Å². The Morgan fingerprint density at radius 1 is 1.04 bits per heavy atom. The van der Waals surface area contributed by atoms with Crippen molar-refractivity contribution in [1.29, 1.82) is 0 Å². The van der Waals surface area contributed by atoms with Crippen molar-refractivity contribution >= 4 is 28.9 Å². The first kappa shape index (κ1) is 19.2. The number of aryl methyl sites for hydroxylation is 1. The predicted molar refractivity (Wildman–Crippen MR) is 103 cm³/mol. The fourth-order valence-electron chi connectivity index (χ4n) is 2.81. The van der Waals surface area contributed by atoms with Gasteiger partial charge in [-0.3, -0.25) is 10.1 Å². The smallest absolute Gasteiger partial charge is 0.375 e. The number of imide groups is 1. The molecule has 0 fully saturated rings. The lowest BCUT2D eigenvalue weighted by molar-refractivity contribution is -0.129. The number of hydrogen-bond donors (Lipinski definition) is 2. The van der Waals surface area contributed by atoms with Gasteiger partial charge in [0.2, 0.25) is 11.9 Å². The Balaban J connectivity index is 1.88. The van der Waals surface area contributed by atoms with Gasteiger partial charge >= 0.3 is 12.0 Å². The first-order valence-electron chi connectivity index (χ1n) is 8.84. The van der Waals surface area contributed by atoms with Crippen LogP contribution >= 0.6 is 0 Å². The number of para-hydroxylation sites is 1. The van der Waals surface area contributed by atoms with E-state index in [0.29, 0.717) is 23.3 Å². The van der Waals surface area contributed by atoms with Crippen LogP contribution in [-0.2, 0) is 9.53 Å². The van der Waals surface area contributed by atoms with E-state index in [1.54, 1.807) is 56.3 Å².